The van der Waals surface area contributed by atoms with Gasteiger partial charge >= 0.3 is 6.03 Å². The summed E-state index contributed by atoms with van der Waals surface area (Å²) in [7, 11) is 1.78. The van der Waals surface area contributed by atoms with Crippen LogP contribution >= 0.6 is 43.5 Å². The quantitative estimate of drug-likeness (QED) is 0.282. The lowest BCUT2D eigenvalue weighted by molar-refractivity contribution is 0.0945. The summed E-state index contributed by atoms with van der Waals surface area (Å²) in [6.45, 7) is 2.94. The number of ether oxygens (including phenoxy) is 1. The fraction of sp³-hybridized carbons (Fsp3) is 0.250. The molecule has 1 atom stereocenters. The fourth-order valence-electron chi connectivity index (χ4n) is 3.39. The summed E-state index contributed by atoms with van der Waals surface area (Å²) in [6, 6.07) is 15.8. The van der Waals surface area contributed by atoms with Crippen molar-refractivity contribution >= 4 is 55.4 Å². The van der Waals surface area contributed by atoms with Gasteiger partial charge in [0, 0.05) is 30.7 Å². The Morgan fingerprint density at radius 1 is 1.06 bits per heavy atom. The minimum atomic E-state index is -0.451. The zero-order valence-electron chi connectivity index (χ0n) is 18.7. The first-order chi connectivity index (χ1) is 16.3. The Morgan fingerprint density at radius 3 is 2.38 bits per heavy atom. The van der Waals surface area contributed by atoms with Crippen LogP contribution in [0.5, 0.6) is 5.75 Å². The van der Waals surface area contributed by atoms with E-state index in [0.717, 1.165) is 20.2 Å². The second kappa shape index (κ2) is 12.3. The number of nitrogens with one attached hydrogen (secondary N) is 3. The van der Waals surface area contributed by atoms with Gasteiger partial charge in [0.2, 0.25) is 0 Å². The Labute approximate surface area is 220 Å². The highest BCUT2D eigenvalue weighted by atomic mass is 79.9. The number of hydrogen-bond acceptors (Lipinski definition) is 3. The van der Waals surface area contributed by atoms with Crippen molar-refractivity contribution in [2.75, 3.05) is 19.7 Å². The number of rotatable bonds is 9. The Balaban J connectivity index is 1.64. The summed E-state index contributed by atoms with van der Waals surface area (Å²) < 4.78 is 9.07. The summed E-state index contributed by atoms with van der Waals surface area (Å²) in [5.74, 6) is 0.457. The van der Waals surface area contributed by atoms with Gasteiger partial charge in [0.1, 0.15) is 11.4 Å². The van der Waals surface area contributed by atoms with E-state index in [1.807, 2.05) is 43.3 Å². The zero-order valence-corrected chi connectivity index (χ0v) is 22.6. The van der Waals surface area contributed by atoms with E-state index in [4.69, 9.17) is 16.3 Å². The lowest BCUT2D eigenvalue weighted by Crippen LogP contribution is -2.42. The van der Waals surface area contributed by atoms with Crippen LogP contribution in [0.25, 0.3) is 0 Å². The van der Waals surface area contributed by atoms with Crippen molar-refractivity contribution in [2.24, 2.45) is 7.05 Å². The number of para-hydroxylation sites is 1. The van der Waals surface area contributed by atoms with Gasteiger partial charge in [0.05, 0.1) is 21.7 Å². The SMILES string of the molecule is CCOc1ccccc1C(NC(=O)NCCNC(=O)c1cc(Br)c(Br)n1C)c1ccc(Cl)cc1. The van der Waals surface area contributed by atoms with E-state index >= 15 is 0 Å². The smallest absolute Gasteiger partial charge is 0.315 e. The van der Waals surface area contributed by atoms with Crippen molar-refractivity contribution in [1.82, 2.24) is 20.5 Å². The van der Waals surface area contributed by atoms with E-state index in [1.165, 1.54) is 0 Å². The Morgan fingerprint density at radius 2 is 1.74 bits per heavy atom. The average Bonchev–Trinajstić information content (AvgIpc) is 3.09. The number of aromatic nitrogens is 1. The lowest BCUT2D eigenvalue weighted by atomic mass is 9.98. The summed E-state index contributed by atoms with van der Waals surface area (Å²) in [5, 5.41) is 9.22. The number of benzene rings is 2. The monoisotopic (exact) mass is 610 g/mol. The van der Waals surface area contributed by atoms with Crippen molar-refractivity contribution in [3.05, 3.63) is 85.5 Å². The summed E-state index contributed by atoms with van der Waals surface area (Å²) in [4.78, 5) is 25.2. The molecule has 180 valence electrons. The fourth-order valence-corrected chi connectivity index (χ4v) is 4.30. The molecule has 3 N–H and O–H groups in total. The molecule has 10 heteroatoms. The minimum absolute atomic E-state index is 0.235. The number of urea groups is 1. The molecule has 0 spiro atoms. The van der Waals surface area contributed by atoms with Crippen molar-refractivity contribution < 1.29 is 14.3 Å². The molecule has 0 saturated heterocycles. The molecule has 0 aliphatic carbocycles. The van der Waals surface area contributed by atoms with Crippen molar-refractivity contribution in [3.8, 4) is 5.75 Å². The van der Waals surface area contributed by atoms with Crippen LogP contribution in [0, 0.1) is 0 Å². The molecule has 0 saturated carbocycles. The van der Waals surface area contributed by atoms with Crippen LogP contribution in [0.1, 0.15) is 34.6 Å². The Bertz CT molecular complexity index is 1150. The number of nitrogens with zero attached hydrogens (tertiary/aromatic N) is 1. The van der Waals surface area contributed by atoms with Gasteiger partial charge in [-0.3, -0.25) is 4.79 Å². The van der Waals surface area contributed by atoms with Crippen molar-refractivity contribution in [2.45, 2.75) is 13.0 Å². The number of halogens is 3. The molecule has 2 aromatic carbocycles. The van der Waals surface area contributed by atoms with Crippen LogP contribution in [0.3, 0.4) is 0 Å². The molecule has 1 aromatic heterocycles. The van der Waals surface area contributed by atoms with Gasteiger partial charge < -0.3 is 25.3 Å². The third-order valence-corrected chi connectivity index (χ3v) is 7.40. The van der Waals surface area contributed by atoms with Gasteiger partial charge in [-0.2, -0.15) is 0 Å². The summed E-state index contributed by atoms with van der Waals surface area (Å²) >= 11 is 12.8. The van der Waals surface area contributed by atoms with Crippen LogP contribution in [-0.2, 0) is 7.05 Å². The molecule has 7 nitrogen and oxygen atoms in total. The maximum absolute atomic E-state index is 12.7. The van der Waals surface area contributed by atoms with Gasteiger partial charge in [0.15, 0.2) is 0 Å². The normalized spacial score (nSPS) is 11.6. The third kappa shape index (κ3) is 6.55. The van der Waals surface area contributed by atoms with Gasteiger partial charge in [-0.05, 0) is 68.6 Å². The van der Waals surface area contributed by atoms with Crippen LogP contribution in [0.2, 0.25) is 5.02 Å². The van der Waals surface area contributed by atoms with E-state index in [1.54, 1.807) is 29.8 Å². The maximum Gasteiger partial charge on any atom is 0.315 e. The van der Waals surface area contributed by atoms with Gasteiger partial charge in [-0.1, -0.05) is 41.9 Å². The Hall–Kier alpha value is -2.49. The molecule has 3 aromatic rings. The zero-order chi connectivity index (χ0) is 24.7. The van der Waals surface area contributed by atoms with E-state index in [0.29, 0.717) is 23.1 Å². The van der Waals surface area contributed by atoms with Crippen molar-refractivity contribution in [1.29, 1.82) is 0 Å². The molecule has 34 heavy (non-hydrogen) atoms. The largest absolute Gasteiger partial charge is 0.494 e. The van der Waals surface area contributed by atoms with E-state index in [9.17, 15) is 9.59 Å². The first-order valence-electron chi connectivity index (χ1n) is 10.6. The highest BCUT2D eigenvalue weighted by Gasteiger charge is 2.21. The van der Waals surface area contributed by atoms with E-state index in [-0.39, 0.29) is 25.0 Å². The second-order valence-corrected chi connectivity index (χ2v) is 9.38. The topological polar surface area (TPSA) is 84.4 Å². The molecular weight excluding hydrogens is 588 g/mol. The summed E-state index contributed by atoms with van der Waals surface area (Å²) in [5.41, 5.74) is 2.19. The molecule has 3 amide bonds. The van der Waals surface area contributed by atoms with Crippen LogP contribution in [0.15, 0.2) is 63.7 Å². The number of amides is 3. The highest BCUT2D eigenvalue weighted by molar-refractivity contribution is 9.13. The number of hydrogen-bond donors (Lipinski definition) is 3. The van der Waals surface area contributed by atoms with Gasteiger partial charge in [-0.15, -0.1) is 0 Å². The minimum Gasteiger partial charge on any atom is -0.494 e. The van der Waals surface area contributed by atoms with Crippen LogP contribution in [-0.4, -0.2) is 36.2 Å². The first kappa shape index (κ1) is 26.1. The number of carbonyl (C=O) groups is 2. The predicted octanol–water partition coefficient (Wildman–Crippen LogP) is 5.42. The molecule has 0 aliphatic heterocycles. The van der Waals surface area contributed by atoms with E-state index < -0.39 is 6.04 Å². The Kier molecular flexibility index (Phi) is 9.44. The van der Waals surface area contributed by atoms with E-state index in [2.05, 4.69) is 47.8 Å². The molecule has 3 rings (SSSR count). The number of carbonyl (C=O) groups excluding carboxylic acids is 2. The standard InChI is InChI=1S/C24H25Br2ClN4O3/c1-3-34-20-7-5-4-6-17(20)21(15-8-10-16(27)11-9-15)30-24(33)29-13-12-28-23(32)19-14-18(25)22(26)31(19)2/h4-11,14,21H,3,12-13H2,1-2H3,(H,28,32)(H2,29,30,33). The second-order valence-electron chi connectivity index (χ2n) is 7.34. The third-order valence-electron chi connectivity index (χ3n) is 5.05. The summed E-state index contributed by atoms with van der Waals surface area (Å²) in [6.07, 6.45) is 0. The molecule has 0 radical (unpaired) electrons. The highest BCUT2D eigenvalue weighted by Crippen LogP contribution is 2.31. The molecule has 1 heterocycles. The molecular formula is C24H25Br2ClN4O3. The van der Waals surface area contributed by atoms with Crippen molar-refractivity contribution in [3.63, 3.8) is 0 Å². The van der Waals surface area contributed by atoms with Gasteiger partial charge in [-0.25, -0.2) is 4.79 Å². The van der Waals surface area contributed by atoms with Gasteiger partial charge in [0.25, 0.3) is 5.91 Å². The lowest BCUT2D eigenvalue weighted by Gasteiger charge is -2.22. The average molecular weight is 613 g/mol. The van der Waals surface area contributed by atoms with Crippen LogP contribution in [0.4, 0.5) is 4.79 Å². The molecule has 0 fully saturated rings. The molecule has 0 aliphatic rings. The molecule has 1 unspecified atom stereocenters. The molecule has 0 bridgehead atoms. The first-order valence-corrected chi connectivity index (χ1v) is 12.6. The van der Waals surface area contributed by atoms with Crippen LogP contribution < -0.4 is 20.7 Å². The predicted molar refractivity (Wildman–Crippen MR) is 141 cm³/mol. The maximum atomic E-state index is 12.7.